The first-order valence-corrected chi connectivity index (χ1v) is 5.89. The maximum atomic E-state index is 11.8. The minimum atomic E-state index is -1.05. The average Bonchev–Trinajstić information content (AvgIpc) is 2.53. The van der Waals surface area contributed by atoms with Crippen LogP contribution in [-0.4, -0.2) is 27.4 Å². The zero-order valence-corrected chi connectivity index (χ0v) is 8.84. The zero-order valence-electron chi connectivity index (χ0n) is 8.03. The van der Waals surface area contributed by atoms with Gasteiger partial charge in [-0.2, -0.15) is 5.26 Å². The molecule has 0 bridgehead atoms. The van der Waals surface area contributed by atoms with Gasteiger partial charge >= 0.3 is 0 Å². The van der Waals surface area contributed by atoms with Crippen LogP contribution >= 0.6 is 0 Å². The molecule has 0 aliphatic carbocycles. The molecule has 1 rings (SSSR count). The number of hydrogen-bond donors (Lipinski definition) is 0. The summed E-state index contributed by atoms with van der Waals surface area (Å²) in [5, 5.41) is 8.49. The highest BCUT2D eigenvalue weighted by Gasteiger charge is 2.33. The van der Waals surface area contributed by atoms with Crippen LogP contribution in [0.3, 0.4) is 0 Å². The van der Waals surface area contributed by atoms with Crippen LogP contribution in [0.25, 0.3) is 0 Å². The Hall–Kier alpha value is -0.400. The lowest BCUT2D eigenvalue weighted by atomic mass is 10.3. The predicted molar refractivity (Wildman–Crippen MR) is 51.7 cm³/mol. The summed E-state index contributed by atoms with van der Waals surface area (Å²) in [6, 6.07) is 2.09. The van der Waals surface area contributed by atoms with E-state index in [2.05, 4.69) is 6.07 Å². The molecule has 4 atom stereocenters. The fourth-order valence-electron chi connectivity index (χ4n) is 1.54. The Labute approximate surface area is 81.5 Å². The van der Waals surface area contributed by atoms with E-state index in [0.29, 0.717) is 13.0 Å². The third kappa shape index (κ3) is 2.29. The first kappa shape index (κ1) is 10.7. The minimum Gasteiger partial charge on any atom is -0.377 e. The van der Waals surface area contributed by atoms with E-state index in [1.54, 1.807) is 0 Å². The summed E-state index contributed by atoms with van der Waals surface area (Å²) in [5.41, 5.74) is 0. The van der Waals surface area contributed by atoms with Gasteiger partial charge in [0.1, 0.15) is 5.25 Å². The summed E-state index contributed by atoms with van der Waals surface area (Å²) in [6.07, 6.45) is 1.53. The van der Waals surface area contributed by atoms with Crippen molar-refractivity contribution in [3.05, 3.63) is 0 Å². The molecule has 0 aromatic rings. The molecule has 3 nitrogen and oxygen atoms in total. The molecule has 1 aliphatic heterocycles. The van der Waals surface area contributed by atoms with E-state index < -0.39 is 10.8 Å². The lowest BCUT2D eigenvalue weighted by molar-refractivity contribution is 0.127. The van der Waals surface area contributed by atoms with E-state index >= 15 is 0 Å². The Morgan fingerprint density at radius 2 is 2.46 bits per heavy atom. The van der Waals surface area contributed by atoms with Gasteiger partial charge in [0, 0.05) is 17.4 Å². The van der Waals surface area contributed by atoms with Gasteiger partial charge in [-0.25, -0.2) is 0 Å². The molecule has 0 N–H and O–H groups in total. The van der Waals surface area contributed by atoms with Crippen LogP contribution < -0.4 is 0 Å². The van der Waals surface area contributed by atoms with Crippen molar-refractivity contribution >= 4 is 10.8 Å². The lowest BCUT2D eigenvalue weighted by Gasteiger charge is -2.15. The Kier molecular flexibility index (Phi) is 3.89. The molecule has 0 radical (unpaired) electrons. The van der Waals surface area contributed by atoms with Crippen molar-refractivity contribution in [1.82, 2.24) is 0 Å². The predicted octanol–water partition coefficient (Wildman–Crippen LogP) is 1.21. The molecule has 1 aliphatic rings. The van der Waals surface area contributed by atoms with E-state index in [9.17, 15) is 4.21 Å². The molecular weight excluding hydrogens is 186 g/mol. The van der Waals surface area contributed by atoms with Crippen molar-refractivity contribution in [2.45, 2.75) is 43.3 Å². The SMILES string of the molecule is CCC(C#N)S(=O)C1CCOC1C. The van der Waals surface area contributed by atoms with Crippen molar-refractivity contribution in [3.63, 3.8) is 0 Å². The van der Waals surface area contributed by atoms with Crippen LogP contribution in [0.1, 0.15) is 26.7 Å². The first-order chi connectivity index (χ1) is 6.20. The molecule has 0 aromatic carbocycles. The fourth-order valence-corrected chi connectivity index (χ4v) is 3.17. The summed E-state index contributed by atoms with van der Waals surface area (Å²) < 4.78 is 17.1. The summed E-state index contributed by atoms with van der Waals surface area (Å²) in [6.45, 7) is 4.51. The van der Waals surface area contributed by atoms with Gasteiger partial charge in [-0.05, 0) is 19.8 Å². The van der Waals surface area contributed by atoms with Crippen LogP contribution in [0.4, 0.5) is 0 Å². The van der Waals surface area contributed by atoms with Gasteiger partial charge in [-0.1, -0.05) is 6.92 Å². The number of nitriles is 1. The second-order valence-corrected chi connectivity index (χ2v) is 5.09. The molecule has 4 unspecified atom stereocenters. The number of rotatable bonds is 3. The fraction of sp³-hybridized carbons (Fsp3) is 0.889. The number of nitrogens with zero attached hydrogens (tertiary/aromatic N) is 1. The van der Waals surface area contributed by atoms with Crippen molar-refractivity contribution in [3.8, 4) is 6.07 Å². The smallest absolute Gasteiger partial charge is 0.122 e. The Morgan fingerprint density at radius 3 is 2.85 bits per heavy atom. The van der Waals surface area contributed by atoms with Gasteiger partial charge in [0.2, 0.25) is 0 Å². The summed E-state index contributed by atoms with van der Waals surface area (Å²) in [5.74, 6) is 0. The Balaban J connectivity index is 2.61. The molecule has 1 heterocycles. The summed E-state index contributed by atoms with van der Waals surface area (Å²) >= 11 is 0. The van der Waals surface area contributed by atoms with Gasteiger partial charge in [0.05, 0.1) is 17.4 Å². The van der Waals surface area contributed by atoms with Gasteiger partial charge in [-0.15, -0.1) is 0 Å². The van der Waals surface area contributed by atoms with E-state index in [1.165, 1.54) is 0 Å². The number of hydrogen-bond acceptors (Lipinski definition) is 3. The van der Waals surface area contributed by atoms with E-state index in [-0.39, 0.29) is 16.6 Å². The largest absolute Gasteiger partial charge is 0.377 e. The topological polar surface area (TPSA) is 50.1 Å². The van der Waals surface area contributed by atoms with Crippen LogP contribution in [0.15, 0.2) is 0 Å². The average molecular weight is 201 g/mol. The third-order valence-corrected chi connectivity index (χ3v) is 4.62. The maximum Gasteiger partial charge on any atom is 0.122 e. The van der Waals surface area contributed by atoms with Crippen molar-refractivity contribution < 1.29 is 8.95 Å². The molecule has 1 saturated heterocycles. The molecule has 0 spiro atoms. The molecule has 0 saturated carbocycles. The van der Waals surface area contributed by atoms with Crippen molar-refractivity contribution in [2.75, 3.05) is 6.61 Å². The number of ether oxygens (including phenoxy) is 1. The highest BCUT2D eigenvalue weighted by atomic mass is 32.2. The molecule has 1 fully saturated rings. The van der Waals surface area contributed by atoms with Gasteiger partial charge < -0.3 is 4.74 Å². The highest BCUT2D eigenvalue weighted by Crippen LogP contribution is 2.21. The molecular formula is C9H15NO2S. The van der Waals surface area contributed by atoms with E-state index in [4.69, 9.17) is 10.00 Å². The van der Waals surface area contributed by atoms with Crippen LogP contribution in [-0.2, 0) is 15.5 Å². The quantitative estimate of drug-likeness (QED) is 0.689. The van der Waals surface area contributed by atoms with E-state index in [0.717, 1.165) is 6.42 Å². The van der Waals surface area contributed by atoms with E-state index in [1.807, 2.05) is 13.8 Å². The molecule has 0 amide bonds. The molecule has 13 heavy (non-hydrogen) atoms. The molecule has 74 valence electrons. The summed E-state index contributed by atoms with van der Waals surface area (Å²) in [7, 11) is -1.05. The second-order valence-electron chi connectivity index (χ2n) is 3.26. The molecule has 4 heteroatoms. The Bertz CT molecular complexity index is 236. The maximum absolute atomic E-state index is 11.8. The monoisotopic (exact) mass is 201 g/mol. The molecule has 0 aromatic heterocycles. The zero-order chi connectivity index (χ0) is 9.84. The minimum absolute atomic E-state index is 0.0447. The standard InChI is InChI=1S/C9H15NO2S/c1-3-8(6-10)13(11)9-4-5-12-7(9)2/h7-9H,3-5H2,1-2H3. The normalized spacial score (nSPS) is 32.4. The van der Waals surface area contributed by atoms with Crippen LogP contribution in [0.5, 0.6) is 0 Å². The van der Waals surface area contributed by atoms with Crippen LogP contribution in [0.2, 0.25) is 0 Å². The summed E-state index contributed by atoms with van der Waals surface area (Å²) in [4.78, 5) is 0. The van der Waals surface area contributed by atoms with Crippen molar-refractivity contribution in [2.24, 2.45) is 0 Å². The van der Waals surface area contributed by atoms with Crippen LogP contribution in [0, 0.1) is 11.3 Å². The highest BCUT2D eigenvalue weighted by molar-refractivity contribution is 7.86. The lowest BCUT2D eigenvalue weighted by Crippen LogP contribution is -2.29. The Morgan fingerprint density at radius 1 is 1.77 bits per heavy atom. The van der Waals surface area contributed by atoms with Gasteiger partial charge in [0.15, 0.2) is 0 Å². The second kappa shape index (κ2) is 4.73. The van der Waals surface area contributed by atoms with Gasteiger partial charge in [0.25, 0.3) is 0 Å². The van der Waals surface area contributed by atoms with Gasteiger partial charge in [-0.3, -0.25) is 4.21 Å². The third-order valence-electron chi connectivity index (χ3n) is 2.40. The van der Waals surface area contributed by atoms with Crippen molar-refractivity contribution in [1.29, 1.82) is 5.26 Å². The first-order valence-electron chi connectivity index (χ1n) is 4.61.